The minimum atomic E-state index is 0.348. The maximum Gasteiger partial charge on any atom is 0.0490 e. The molecule has 0 unspecified atom stereocenters. The zero-order valence-electron chi connectivity index (χ0n) is 28.0. The van der Waals surface area contributed by atoms with Gasteiger partial charge >= 0.3 is 0 Å². The van der Waals surface area contributed by atoms with Gasteiger partial charge in [-0.3, -0.25) is 0 Å². The Morgan fingerprint density at radius 2 is 1.24 bits per heavy atom. The van der Waals surface area contributed by atoms with E-state index in [2.05, 4.69) is 146 Å². The van der Waals surface area contributed by atoms with Gasteiger partial charge in [-0.15, -0.1) is 0 Å². The van der Waals surface area contributed by atoms with Gasteiger partial charge in [-0.25, -0.2) is 0 Å². The van der Waals surface area contributed by atoms with Crippen LogP contribution in [-0.2, 0) is 6.42 Å². The number of rotatable bonds is 13. The fraction of sp³-hybridized carbons (Fsp3) is 0.400. The molecule has 0 aliphatic heterocycles. The summed E-state index contributed by atoms with van der Waals surface area (Å²) in [5.74, 6) is 0.348. The molecule has 0 radical (unpaired) electrons. The Morgan fingerprint density at radius 1 is 0.690 bits per heavy atom. The van der Waals surface area contributed by atoms with Crippen molar-refractivity contribution >= 4 is 11.4 Å². The van der Waals surface area contributed by atoms with Gasteiger partial charge in [-0.2, -0.15) is 0 Å². The molecule has 0 atom stereocenters. The van der Waals surface area contributed by atoms with E-state index in [0.29, 0.717) is 5.92 Å². The summed E-state index contributed by atoms with van der Waals surface area (Å²) in [4.78, 5) is 4.64. The molecule has 0 fully saturated rings. The van der Waals surface area contributed by atoms with Crippen LogP contribution < -0.4 is 4.90 Å². The topological polar surface area (TPSA) is 6.48 Å². The van der Waals surface area contributed by atoms with Crippen molar-refractivity contribution < 1.29 is 0 Å². The zero-order valence-corrected chi connectivity index (χ0v) is 28.0. The van der Waals surface area contributed by atoms with Crippen molar-refractivity contribution in [2.24, 2.45) is 5.92 Å². The Balaban J connectivity index is 0.000000401. The van der Waals surface area contributed by atoms with Crippen LogP contribution in [0.5, 0.6) is 0 Å². The number of benzene rings is 3. The molecule has 3 rings (SSSR count). The van der Waals surface area contributed by atoms with Crippen LogP contribution in [0.15, 0.2) is 110 Å². The minimum Gasteiger partial charge on any atom is -0.375 e. The lowest BCUT2D eigenvalue weighted by Crippen LogP contribution is -2.24. The van der Waals surface area contributed by atoms with Crippen LogP contribution in [0.4, 0.5) is 5.69 Å². The van der Waals surface area contributed by atoms with E-state index >= 15 is 0 Å². The molecule has 0 amide bonds. The average Bonchev–Trinajstić information content (AvgIpc) is 2.99. The van der Waals surface area contributed by atoms with Gasteiger partial charge in [0.05, 0.1) is 0 Å². The highest BCUT2D eigenvalue weighted by Gasteiger charge is 2.20. The minimum absolute atomic E-state index is 0.348. The smallest absolute Gasteiger partial charge is 0.0490 e. The van der Waals surface area contributed by atoms with Gasteiger partial charge in [0.2, 0.25) is 0 Å². The molecule has 42 heavy (non-hydrogen) atoms. The molecule has 3 aromatic rings. The van der Waals surface area contributed by atoms with E-state index < -0.39 is 0 Å². The van der Waals surface area contributed by atoms with Crippen LogP contribution in [0, 0.1) is 19.8 Å². The van der Waals surface area contributed by atoms with Gasteiger partial charge in [0.1, 0.15) is 0 Å². The molecule has 3 aromatic carbocycles. The Morgan fingerprint density at radius 3 is 1.71 bits per heavy atom. The number of allylic oxidation sites excluding steroid dienone is 2. The van der Waals surface area contributed by atoms with Crippen molar-refractivity contribution in [3.05, 3.63) is 132 Å². The standard InChI is InChI=1S/C23H29N.C10H21N.C7H8/c1-7-12-21-14-9-11-16-23(21)24(19(5)17(2)3)20(6)22-15-10-8-13-18(22)4;1-5-8-11(9-6-2)10(4)7-3;1-7-5-3-2-4-6-7/h8-11,13-17H,5-7,12H2,1-4H3;4-9H2,1-3H3;2-6H,1H3. The first-order valence-corrected chi connectivity index (χ1v) is 15.9. The lowest BCUT2D eigenvalue weighted by molar-refractivity contribution is 0.337. The van der Waals surface area contributed by atoms with E-state index in [1.54, 1.807) is 0 Å². The lowest BCUT2D eigenvalue weighted by atomic mass is 10.00. The van der Waals surface area contributed by atoms with Crippen LogP contribution in [0.1, 0.15) is 89.5 Å². The second-order valence-electron chi connectivity index (χ2n) is 11.2. The molecular formula is C40H58N2. The summed E-state index contributed by atoms with van der Waals surface area (Å²) in [7, 11) is 0. The summed E-state index contributed by atoms with van der Waals surface area (Å²) < 4.78 is 0. The highest BCUT2D eigenvalue weighted by atomic mass is 15.2. The van der Waals surface area contributed by atoms with Gasteiger partial charge in [0.25, 0.3) is 0 Å². The number of hydrogen-bond donors (Lipinski definition) is 0. The largest absolute Gasteiger partial charge is 0.375 e. The van der Waals surface area contributed by atoms with Crippen molar-refractivity contribution in [2.75, 3.05) is 18.0 Å². The summed E-state index contributed by atoms with van der Waals surface area (Å²) in [6.07, 6.45) is 5.70. The molecular weight excluding hydrogens is 508 g/mol. The lowest BCUT2D eigenvalue weighted by Gasteiger charge is -2.33. The summed E-state index contributed by atoms with van der Waals surface area (Å²) in [5, 5.41) is 0. The maximum absolute atomic E-state index is 4.43. The van der Waals surface area contributed by atoms with E-state index in [9.17, 15) is 0 Å². The summed E-state index contributed by atoms with van der Waals surface area (Å²) in [6.45, 7) is 32.6. The summed E-state index contributed by atoms with van der Waals surface area (Å²) in [5.41, 5.74) is 9.63. The fourth-order valence-corrected chi connectivity index (χ4v) is 4.68. The Hall–Kier alpha value is -3.52. The predicted molar refractivity (Wildman–Crippen MR) is 190 cm³/mol. The van der Waals surface area contributed by atoms with Gasteiger partial charge in [0, 0.05) is 41.4 Å². The van der Waals surface area contributed by atoms with E-state index in [1.807, 2.05) is 18.2 Å². The van der Waals surface area contributed by atoms with Crippen LogP contribution in [-0.4, -0.2) is 18.0 Å². The summed E-state index contributed by atoms with van der Waals surface area (Å²) in [6, 6.07) is 27.3. The molecule has 0 aromatic heterocycles. The fourth-order valence-electron chi connectivity index (χ4n) is 4.68. The second-order valence-corrected chi connectivity index (χ2v) is 11.2. The van der Waals surface area contributed by atoms with Crippen molar-refractivity contribution in [2.45, 2.75) is 87.5 Å². The van der Waals surface area contributed by atoms with Crippen molar-refractivity contribution in [1.29, 1.82) is 0 Å². The first kappa shape index (κ1) is 36.5. The van der Waals surface area contributed by atoms with Gasteiger partial charge < -0.3 is 9.80 Å². The normalized spacial score (nSPS) is 10.1. The zero-order chi connectivity index (χ0) is 31.5. The summed E-state index contributed by atoms with van der Waals surface area (Å²) >= 11 is 0. The van der Waals surface area contributed by atoms with Crippen LogP contribution in [0.2, 0.25) is 0 Å². The van der Waals surface area contributed by atoms with Crippen LogP contribution in [0.25, 0.3) is 5.70 Å². The molecule has 2 heteroatoms. The number of para-hydroxylation sites is 1. The van der Waals surface area contributed by atoms with Crippen LogP contribution in [0.3, 0.4) is 0 Å². The number of anilines is 1. The van der Waals surface area contributed by atoms with Gasteiger partial charge in [-0.05, 0) is 62.6 Å². The molecule has 0 spiro atoms. The van der Waals surface area contributed by atoms with Crippen molar-refractivity contribution in [1.82, 2.24) is 4.90 Å². The molecule has 0 N–H and O–H groups in total. The van der Waals surface area contributed by atoms with Crippen LogP contribution >= 0.6 is 0 Å². The third kappa shape index (κ3) is 12.1. The van der Waals surface area contributed by atoms with E-state index in [1.165, 1.54) is 59.6 Å². The molecule has 0 saturated carbocycles. The Labute approximate surface area is 259 Å². The van der Waals surface area contributed by atoms with E-state index in [0.717, 1.165) is 30.7 Å². The molecule has 2 nitrogen and oxygen atoms in total. The molecule has 228 valence electrons. The number of nitrogens with zero attached hydrogens (tertiary/aromatic N) is 2. The first-order valence-electron chi connectivity index (χ1n) is 15.9. The first-order chi connectivity index (χ1) is 20.1. The Bertz CT molecular complexity index is 1200. The molecule has 0 saturated heterocycles. The highest BCUT2D eigenvalue weighted by molar-refractivity contribution is 5.83. The Kier molecular flexibility index (Phi) is 17.7. The monoisotopic (exact) mass is 566 g/mol. The molecule has 0 aliphatic carbocycles. The number of aryl methyl sites for hydroxylation is 3. The SMILES string of the molecule is C=C(CC)N(CCC)CCC.C=C(c1ccccc1C)N(C(=C)C(C)C)c1ccccc1CCC.Cc1ccccc1. The van der Waals surface area contributed by atoms with E-state index in [4.69, 9.17) is 0 Å². The third-order valence-corrected chi connectivity index (χ3v) is 7.21. The molecule has 0 heterocycles. The third-order valence-electron chi connectivity index (χ3n) is 7.21. The van der Waals surface area contributed by atoms with Crippen molar-refractivity contribution in [3.8, 4) is 0 Å². The quantitative estimate of drug-likeness (QED) is 0.203. The van der Waals surface area contributed by atoms with Crippen molar-refractivity contribution in [3.63, 3.8) is 0 Å². The number of hydrogen-bond acceptors (Lipinski definition) is 2. The molecule has 0 aliphatic rings. The van der Waals surface area contributed by atoms with Gasteiger partial charge in [0.15, 0.2) is 0 Å². The predicted octanol–water partition coefficient (Wildman–Crippen LogP) is 11.6. The highest BCUT2D eigenvalue weighted by Crippen LogP contribution is 2.35. The maximum atomic E-state index is 4.43. The van der Waals surface area contributed by atoms with Gasteiger partial charge in [-0.1, -0.05) is 146 Å². The second kappa shape index (κ2) is 20.4. The van der Waals surface area contributed by atoms with E-state index in [-0.39, 0.29) is 0 Å². The molecule has 0 bridgehead atoms. The average molecular weight is 567 g/mol.